The second-order valence-electron chi connectivity index (χ2n) is 3.16. The van der Waals surface area contributed by atoms with Gasteiger partial charge in [0.05, 0.1) is 9.47 Å². The first-order chi connectivity index (χ1) is 8.38. The van der Waals surface area contributed by atoms with E-state index in [-0.39, 0.29) is 15.0 Å². The van der Waals surface area contributed by atoms with Crippen molar-refractivity contribution in [3.63, 3.8) is 0 Å². The van der Waals surface area contributed by atoms with Gasteiger partial charge in [0.25, 0.3) is 10.0 Å². The summed E-state index contributed by atoms with van der Waals surface area (Å²) in [6.07, 6.45) is 1.49. The van der Waals surface area contributed by atoms with Gasteiger partial charge < -0.3 is 0 Å². The summed E-state index contributed by atoms with van der Waals surface area (Å²) < 4.78 is 28.1. The fourth-order valence-corrected chi connectivity index (χ4v) is 4.74. The van der Waals surface area contributed by atoms with Gasteiger partial charge in [0.15, 0.2) is 5.15 Å². The molecule has 2 aromatic heterocycles. The maximum atomic E-state index is 12.1. The van der Waals surface area contributed by atoms with Gasteiger partial charge in [-0.25, -0.2) is 13.4 Å². The van der Waals surface area contributed by atoms with Crippen molar-refractivity contribution in [2.45, 2.75) is 4.21 Å². The average molecular weight is 433 g/mol. The first kappa shape index (κ1) is 14.3. The second-order valence-corrected chi connectivity index (χ2v) is 8.80. The van der Waals surface area contributed by atoms with E-state index in [1.54, 1.807) is 12.1 Å². The van der Waals surface area contributed by atoms with Gasteiger partial charge in [0.1, 0.15) is 4.21 Å². The molecule has 2 rings (SSSR count). The van der Waals surface area contributed by atoms with Crippen molar-refractivity contribution in [2.24, 2.45) is 0 Å². The van der Waals surface area contributed by atoms with Gasteiger partial charge in [-0.15, -0.1) is 11.3 Å². The molecule has 96 valence electrons. The third-order valence-electron chi connectivity index (χ3n) is 1.86. The molecule has 0 atom stereocenters. The Balaban J connectivity index is 2.36. The number of anilines is 1. The van der Waals surface area contributed by atoms with Gasteiger partial charge in [0, 0.05) is 10.7 Å². The van der Waals surface area contributed by atoms with E-state index < -0.39 is 10.0 Å². The molecule has 18 heavy (non-hydrogen) atoms. The van der Waals surface area contributed by atoms with Gasteiger partial charge in [-0.05, 0) is 50.1 Å². The predicted molar refractivity (Wildman–Crippen MR) is 79.8 cm³/mol. The fourth-order valence-electron chi connectivity index (χ4n) is 1.13. The Morgan fingerprint density at radius 2 is 2.06 bits per heavy atom. The molecule has 0 spiro atoms. The molecule has 0 saturated carbocycles. The predicted octanol–water partition coefficient (Wildman–Crippen LogP) is 4.12. The van der Waals surface area contributed by atoms with Gasteiger partial charge in [-0.2, -0.15) is 0 Å². The second kappa shape index (κ2) is 5.46. The molecule has 0 radical (unpaired) electrons. The lowest BCUT2D eigenvalue weighted by atomic mass is 10.4. The lowest BCUT2D eigenvalue weighted by molar-refractivity contribution is 0.603. The van der Waals surface area contributed by atoms with Gasteiger partial charge in [0.2, 0.25) is 0 Å². The van der Waals surface area contributed by atoms with E-state index in [0.717, 1.165) is 15.1 Å². The summed E-state index contributed by atoms with van der Waals surface area (Å²) in [7, 11) is -3.64. The van der Waals surface area contributed by atoms with Crippen LogP contribution in [-0.2, 0) is 10.0 Å². The lowest BCUT2D eigenvalue weighted by Crippen LogP contribution is -2.12. The summed E-state index contributed by atoms with van der Waals surface area (Å²) >= 11 is 13.4. The Bertz CT molecular complexity index is 688. The molecule has 2 heterocycles. The number of aromatic nitrogens is 1. The monoisotopic (exact) mass is 430 g/mol. The minimum atomic E-state index is -3.64. The van der Waals surface area contributed by atoms with Crippen LogP contribution in [-0.4, -0.2) is 13.4 Å². The van der Waals surface area contributed by atoms with E-state index in [0.29, 0.717) is 4.47 Å². The van der Waals surface area contributed by atoms with Gasteiger partial charge in [-0.1, -0.05) is 11.6 Å². The largest absolute Gasteiger partial charge is 0.276 e. The fraction of sp³-hybridized carbons (Fsp3) is 0. The Hall–Kier alpha value is -0.150. The van der Waals surface area contributed by atoms with Crippen LogP contribution in [0.1, 0.15) is 0 Å². The van der Waals surface area contributed by atoms with Crippen molar-refractivity contribution in [1.29, 1.82) is 0 Å². The topological polar surface area (TPSA) is 59.1 Å². The standard InChI is InChI=1S/C9H5Br2ClN2O2S2/c10-5-3-6(9(12)13-4-5)14-18(15,16)8-2-1-7(11)17-8/h1-4,14H. The normalized spacial score (nSPS) is 11.5. The number of sulfonamides is 1. The maximum Gasteiger partial charge on any atom is 0.271 e. The Morgan fingerprint density at radius 1 is 1.33 bits per heavy atom. The number of rotatable bonds is 3. The van der Waals surface area contributed by atoms with Crippen molar-refractivity contribution >= 4 is 70.5 Å². The molecule has 2 aromatic rings. The average Bonchev–Trinajstić information content (AvgIpc) is 2.71. The van der Waals surface area contributed by atoms with Crippen LogP contribution in [0.5, 0.6) is 0 Å². The summed E-state index contributed by atoms with van der Waals surface area (Å²) in [6.45, 7) is 0. The number of hydrogen-bond donors (Lipinski definition) is 1. The van der Waals surface area contributed by atoms with Crippen LogP contribution in [0, 0.1) is 0 Å². The van der Waals surface area contributed by atoms with Crippen LogP contribution in [0.3, 0.4) is 0 Å². The van der Waals surface area contributed by atoms with Crippen LogP contribution in [0.2, 0.25) is 5.15 Å². The Morgan fingerprint density at radius 3 is 2.67 bits per heavy atom. The Labute approximate surface area is 130 Å². The first-order valence-electron chi connectivity index (χ1n) is 4.48. The highest BCUT2D eigenvalue weighted by Crippen LogP contribution is 2.30. The molecular weight excluding hydrogens is 428 g/mol. The molecule has 0 aliphatic rings. The molecule has 0 bridgehead atoms. The zero-order valence-electron chi connectivity index (χ0n) is 8.52. The molecular formula is C9H5Br2ClN2O2S2. The zero-order valence-corrected chi connectivity index (χ0v) is 14.1. The highest BCUT2D eigenvalue weighted by atomic mass is 79.9. The van der Waals surface area contributed by atoms with E-state index in [2.05, 4.69) is 41.6 Å². The zero-order chi connectivity index (χ0) is 13.3. The first-order valence-corrected chi connectivity index (χ1v) is 8.74. The van der Waals surface area contributed by atoms with Gasteiger partial charge in [-0.3, -0.25) is 4.72 Å². The van der Waals surface area contributed by atoms with Crippen molar-refractivity contribution in [3.05, 3.63) is 37.8 Å². The van der Waals surface area contributed by atoms with Crippen LogP contribution in [0.15, 0.2) is 36.9 Å². The number of thiophene rings is 1. The molecule has 4 nitrogen and oxygen atoms in total. The number of nitrogens with one attached hydrogen (secondary N) is 1. The highest BCUT2D eigenvalue weighted by molar-refractivity contribution is 9.11. The highest BCUT2D eigenvalue weighted by Gasteiger charge is 2.18. The molecule has 0 unspecified atom stereocenters. The number of nitrogens with zero attached hydrogens (tertiary/aromatic N) is 1. The van der Waals surface area contributed by atoms with Crippen LogP contribution < -0.4 is 4.72 Å². The van der Waals surface area contributed by atoms with E-state index in [1.165, 1.54) is 12.3 Å². The van der Waals surface area contributed by atoms with Crippen molar-refractivity contribution in [3.8, 4) is 0 Å². The molecule has 0 aliphatic heterocycles. The minimum Gasteiger partial charge on any atom is -0.276 e. The maximum absolute atomic E-state index is 12.1. The van der Waals surface area contributed by atoms with Crippen LogP contribution in [0.4, 0.5) is 5.69 Å². The Kier molecular flexibility index (Phi) is 4.32. The van der Waals surface area contributed by atoms with E-state index in [9.17, 15) is 8.42 Å². The number of halogens is 3. The summed E-state index contributed by atoms with van der Waals surface area (Å²) in [5.41, 5.74) is 0.232. The van der Waals surface area contributed by atoms with E-state index >= 15 is 0 Å². The molecule has 0 amide bonds. The number of pyridine rings is 1. The molecule has 0 saturated heterocycles. The van der Waals surface area contributed by atoms with Crippen molar-refractivity contribution in [1.82, 2.24) is 4.98 Å². The number of hydrogen-bond acceptors (Lipinski definition) is 4. The van der Waals surface area contributed by atoms with Crippen LogP contribution >= 0.6 is 54.8 Å². The molecule has 0 aliphatic carbocycles. The van der Waals surface area contributed by atoms with E-state index in [1.807, 2.05) is 0 Å². The molecule has 9 heteroatoms. The summed E-state index contributed by atoms with van der Waals surface area (Å²) in [5, 5.41) is 0.0948. The third-order valence-corrected chi connectivity index (χ3v) is 6.08. The minimum absolute atomic E-state index is 0.0948. The van der Waals surface area contributed by atoms with Crippen LogP contribution in [0.25, 0.3) is 0 Å². The summed E-state index contributed by atoms with van der Waals surface area (Å²) in [4.78, 5) is 3.85. The van der Waals surface area contributed by atoms with E-state index in [4.69, 9.17) is 11.6 Å². The molecule has 0 aromatic carbocycles. The van der Waals surface area contributed by atoms with Crippen molar-refractivity contribution in [2.75, 3.05) is 4.72 Å². The summed E-state index contributed by atoms with van der Waals surface area (Å²) in [6, 6.07) is 4.73. The summed E-state index contributed by atoms with van der Waals surface area (Å²) in [5.74, 6) is 0. The molecule has 0 fully saturated rings. The third kappa shape index (κ3) is 3.24. The SMILES string of the molecule is O=S(=O)(Nc1cc(Br)cnc1Cl)c1ccc(Br)s1. The van der Waals surface area contributed by atoms with Gasteiger partial charge >= 0.3 is 0 Å². The lowest BCUT2D eigenvalue weighted by Gasteiger charge is -2.07. The smallest absolute Gasteiger partial charge is 0.271 e. The quantitative estimate of drug-likeness (QED) is 0.743. The molecule has 1 N–H and O–H groups in total. The van der Waals surface area contributed by atoms with Crippen molar-refractivity contribution < 1.29 is 8.42 Å².